The summed E-state index contributed by atoms with van der Waals surface area (Å²) in [5, 5.41) is 13.8. The van der Waals surface area contributed by atoms with Crippen molar-refractivity contribution in [2.45, 2.75) is 13.0 Å². The standard InChI is InChI=1S/C11H14BrN3O3/c1-7(11(16)14(2)3)13-9-5-4-8(12)6-10(9)15(17)18/h4-7,13H,1-3H3/t7-/m0/s1. The number of nitro benzene ring substituents is 1. The zero-order valence-corrected chi connectivity index (χ0v) is 11.9. The fourth-order valence-corrected chi connectivity index (χ4v) is 1.81. The van der Waals surface area contributed by atoms with Crippen molar-refractivity contribution in [1.82, 2.24) is 4.90 Å². The molecule has 0 fully saturated rings. The monoisotopic (exact) mass is 315 g/mol. The van der Waals surface area contributed by atoms with Crippen molar-refractivity contribution in [3.8, 4) is 0 Å². The van der Waals surface area contributed by atoms with Crippen LogP contribution < -0.4 is 5.32 Å². The van der Waals surface area contributed by atoms with Gasteiger partial charge in [-0.2, -0.15) is 0 Å². The third-order valence-corrected chi connectivity index (χ3v) is 2.83. The lowest BCUT2D eigenvalue weighted by atomic mass is 10.2. The number of benzene rings is 1. The van der Waals surface area contributed by atoms with Crippen molar-refractivity contribution in [2.24, 2.45) is 0 Å². The Kier molecular flexibility index (Phi) is 4.66. The first-order chi connectivity index (χ1) is 8.32. The second-order valence-electron chi connectivity index (χ2n) is 4.02. The number of amides is 1. The maximum absolute atomic E-state index is 11.7. The van der Waals surface area contributed by atoms with Crippen LogP contribution in [-0.2, 0) is 4.79 Å². The molecule has 0 aliphatic heterocycles. The van der Waals surface area contributed by atoms with Gasteiger partial charge < -0.3 is 10.2 Å². The largest absolute Gasteiger partial charge is 0.368 e. The molecule has 98 valence electrons. The van der Waals surface area contributed by atoms with E-state index in [1.807, 2.05) is 0 Å². The van der Waals surface area contributed by atoms with Gasteiger partial charge in [-0.1, -0.05) is 15.9 Å². The van der Waals surface area contributed by atoms with E-state index in [9.17, 15) is 14.9 Å². The van der Waals surface area contributed by atoms with Crippen LogP contribution >= 0.6 is 15.9 Å². The van der Waals surface area contributed by atoms with Gasteiger partial charge in [0.25, 0.3) is 5.69 Å². The number of rotatable bonds is 4. The van der Waals surface area contributed by atoms with Gasteiger partial charge in [-0.05, 0) is 19.1 Å². The summed E-state index contributed by atoms with van der Waals surface area (Å²) in [6.45, 7) is 1.66. The van der Waals surface area contributed by atoms with E-state index in [1.54, 1.807) is 33.2 Å². The number of anilines is 1. The van der Waals surface area contributed by atoms with Gasteiger partial charge in [0.15, 0.2) is 0 Å². The summed E-state index contributed by atoms with van der Waals surface area (Å²) in [6, 6.07) is 4.12. The summed E-state index contributed by atoms with van der Waals surface area (Å²) in [6.07, 6.45) is 0. The number of hydrogen-bond acceptors (Lipinski definition) is 4. The fourth-order valence-electron chi connectivity index (χ4n) is 1.46. The lowest BCUT2D eigenvalue weighted by Gasteiger charge is -2.18. The van der Waals surface area contributed by atoms with Crippen molar-refractivity contribution >= 4 is 33.2 Å². The van der Waals surface area contributed by atoms with Gasteiger partial charge in [-0.25, -0.2) is 0 Å². The average Bonchev–Trinajstić information content (AvgIpc) is 2.29. The number of carbonyl (C=O) groups is 1. The number of nitrogens with zero attached hydrogens (tertiary/aromatic N) is 2. The molecule has 0 aliphatic carbocycles. The summed E-state index contributed by atoms with van der Waals surface area (Å²) in [7, 11) is 3.27. The average molecular weight is 316 g/mol. The Labute approximate surface area is 113 Å². The van der Waals surface area contributed by atoms with Gasteiger partial charge in [0, 0.05) is 24.6 Å². The Balaban J connectivity index is 2.97. The maximum atomic E-state index is 11.7. The zero-order valence-electron chi connectivity index (χ0n) is 10.3. The molecule has 0 unspecified atom stereocenters. The fraction of sp³-hybridized carbons (Fsp3) is 0.364. The van der Waals surface area contributed by atoms with Gasteiger partial charge in [0.05, 0.1) is 4.92 Å². The van der Waals surface area contributed by atoms with Crippen LogP contribution in [0.1, 0.15) is 6.92 Å². The molecule has 6 nitrogen and oxygen atoms in total. The van der Waals surface area contributed by atoms with Crippen LogP contribution in [0.2, 0.25) is 0 Å². The van der Waals surface area contributed by atoms with Crippen molar-refractivity contribution in [1.29, 1.82) is 0 Å². The SMILES string of the molecule is C[C@H](Nc1ccc(Br)cc1[N+](=O)[O-])C(=O)N(C)C. The van der Waals surface area contributed by atoms with Crippen molar-refractivity contribution in [3.63, 3.8) is 0 Å². The van der Waals surface area contributed by atoms with Gasteiger partial charge in [-0.3, -0.25) is 14.9 Å². The molecule has 1 aromatic carbocycles. The minimum absolute atomic E-state index is 0.0669. The van der Waals surface area contributed by atoms with E-state index in [4.69, 9.17) is 0 Å². The Hall–Kier alpha value is -1.63. The lowest BCUT2D eigenvalue weighted by molar-refractivity contribution is -0.384. The summed E-state index contributed by atoms with van der Waals surface area (Å²) < 4.78 is 0.617. The summed E-state index contributed by atoms with van der Waals surface area (Å²) in [4.78, 5) is 23.5. The number of likely N-dealkylation sites (N-methyl/N-ethyl adjacent to an activating group) is 1. The van der Waals surface area contributed by atoms with Gasteiger partial charge in [-0.15, -0.1) is 0 Å². The molecule has 0 spiro atoms. The molecular formula is C11H14BrN3O3. The number of carbonyl (C=O) groups excluding carboxylic acids is 1. The lowest BCUT2D eigenvalue weighted by Crippen LogP contribution is -2.36. The molecule has 1 amide bonds. The third kappa shape index (κ3) is 3.43. The van der Waals surface area contributed by atoms with Gasteiger partial charge >= 0.3 is 0 Å². The quantitative estimate of drug-likeness (QED) is 0.683. The van der Waals surface area contributed by atoms with E-state index in [0.717, 1.165) is 0 Å². The Morgan fingerprint density at radius 1 is 1.50 bits per heavy atom. The minimum Gasteiger partial charge on any atom is -0.368 e. The molecule has 1 aromatic rings. The highest BCUT2D eigenvalue weighted by molar-refractivity contribution is 9.10. The first kappa shape index (κ1) is 14.4. The third-order valence-electron chi connectivity index (χ3n) is 2.34. The molecule has 18 heavy (non-hydrogen) atoms. The summed E-state index contributed by atoms with van der Waals surface area (Å²) in [5.74, 6) is -0.146. The van der Waals surface area contributed by atoms with E-state index >= 15 is 0 Å². The van der Waals surface area contributed by atoms with Gasteiger partial charge in [0.1, 0.15) is 11.7 Å². The summed E-state index contributed by atoms with van der Waals surface area (Å²) >= 11 is 3.18. The van der Waals surface area contributed by atoms with E-state index in [1.165, 1.54) is 11.0 Å². The molecule has 0 radical (unpaired) electrons. The second-order valence-corrected chi connectivity index (χ2v) is 4.93. The van der Waals surface area contributed by atoms with Crippen molar-refractivity contribution in [3.05, 3.63) is 32.8 Å². The smallest absolute Gasteiger partial charge is 0.293 e. The van der Waals surface area contributed by atoms with Crippen LogP contribution in [0, 0.1) is 10.1 Å². The highest BCUT2D eigenvalue weighted by Crippen LogP contribution is 2.28. The molecule has 1 N–H and O–H groups in total. The highest BCUT2D eigenvalue weighted by Gasteiger charge is 2.20. The number of hydrogen-bond donors (Lipinski definition) is 1. The second kappa shape index (κ2) is 5.81. The first-order valence-corrected chi connectivity index (χ1v) is 6.04. The highest BCUT2D eigenvalue weighted by atomic mass is 79.9. The van der Waals surface area contributed by atoms with E-state index in [-0.39, 0.29) is 11.6 Å². The van der Waals surface area contributed by atoms with E-state index < -0.39 is 11.0 Å². The number of nitrogens with one attached hydrogen (secondary N) is 1. The number of halogens is 1. The van der Waals surface area contributed by atoms with Crippen LogP contribution in [0.25, 0.3) is 0 Å². The molecule has 0 heterocycles. The van der Waals surface area contributed by atoms with Crippen molar-refractivity contribution in [2.75, 3.05) is 19.4 Å². The minimum atomic E-state index is -0.528. The van der Waals surface area contributed by atoms with Crippen LogP contribution in [0.3, 0.4) is 0 Å². The normalized spacial score (nSPS) is 11.8. The number of nitro groups is 1. The zero-order chi connectivity index (χ0) is 13.9. The Bertz CT molecular complexity index is 477. The first-order valence-electron chi connectivity index (χ1n) is 5.24. The Morgan fingerprint density at radius 3 is 2.61 bits per heavy atom. The van der Waals surface area contributed by atoms with Crippen LogP contribution in [0.5, 0.6) is 0 Å². The van der Waals surface area contributed by atoms with E-state index in [2.05, 4.69) is 21.2 Å². The van der Waals surface area contributed by atoms with Crippen LogP contribution in [0.4, 0.5) is 11.4 Å². The molecule has 0 saturated carbocycles. The summed E-state index contributed by atoms with van der Waals surface area (Å²) in [5.41, 5.74) is 0.258. The topological polar surface area (TPSA) is 75.5 Å². The van der Waals surface area contributed by atoms with E-state index in [0.29, 0.717) is 10.2 Å². The molecule has 0 aliphatic rings. The molecule has 7 heteroatoms. The Morgan fingerprint density at radius 2 is 2.11 bits per heavy atom. The van der Waals surface area contributed by atoms with Crippen LogP contribution in [0.15, 0.2) is 22.7 Å². The van der Waals surface area contributed by atoms with Gasteiger partial charge in [0.2, 0.25) is 5.91 Å². The van der Waals surface area contributed by atoms with Crippen molar-refractivity contribution < 1.29 is 9.72 Å². The molecule has 0 bridgehead atoms. The molecule has 0 aromatic heterocycles. The predicted octanol–water partition coefficient (Wildman–Crippen LogP) is 2.25. The maximum Gasteiger partial charge on any atom is 0.293 e. The van der Waals surface area contributed by atoms with Crippen LogP contribution in [-0.4, -0.2) is 35.9 Å². The molecular weight excluding hydrogens is 302 g/mol. The predicted molar refractivity (Wildman–Crippen MR) is 72.6 cm³/mol. The molecule has 0 saturated heterocycles. The molecule has 1 atom stereocenters. The molecule has 1 rings (SSSR count).